The van der Waals surface area contributed by atoms with Gasteiger partial charge in [0, 0.05) is 31.1 Å². The molecule has 1 atom stereocenters. The molecule has 0 bridgehead atoms. The summed E-state index contributed by atoms with van der Waals surface area (Å²) in [4.78, 5) is 20.8. The van der Waals surface area contributed by atoms with Crippen LogP contribution in [0.1, 0.15) is 55.9 Å². The van der Waals surface area contributed by atoms with E-state index < -0.39 is 0 Å². The Morgan fingerprint density at radius 1 is 1.15 bits per heavy atom. The van der Waals surface area contributed by atoms with Crippen molar-refractivity contribution < 1.29 is 0 Å². The summed E-state index contributed by atoms with van der Waals surface area (Å²) >= 11 is 0. The standard InChI is InChI=1S/C20H24N6/c1-15(2)20-23-9-11-26(20)19-13-21-12-17(24-19)18-7-5-10-25(18)14-16-6-3-4-8-22-16/h3-4,6,8-9,11-13,15,18H,5,7,10,14H2,1-2H3. The molecule has 0 aromatic carbocycles. The zero-order valence-corrected chi connectivity index (χ0v) is 15.3. The minimum Gasteiger partial charge on any atom is -0.289 e. The van der Waals surface area contributed by atoms with Gasteiger partial charge in [-0.25, -0.2) is 9.97 Å². The first-order chi connectivity index (χ1) is 12.7. The Hall–Kier alpha value is -2.60. The molecule has 0 saturated carbocycles. The predicted octanol–water partition coefficient (Wildman–Crippen LogP) is 3.52. The van der Waals surface area contributed by atoms with E-state index in [9.17, 15) is 0 Å². The Labute approximate surface area is 154 Å². The molecule has 0 spiro atoms. The first kappa shape index (κ1) is 16.8. The summed E-state index contributed by atoms with van der Waals surface area (Å²) in [5, 5.41) is 0. The lowest BCUT2D eigenvalue weighted by Crippen LogP contribution is -2.24. The maximum atomic E-state index is 4.93. The van der Waals surface area contributed by atoms with Crippen LogP contribution in [0.2, 0.25) is 0 Å². The summed E-state index contributed by atoms with van der Waals surface area (Å²) in [6.07, 6.45) is 11.6. The lowest BCUT2D eigenvalue weighted by atomic mass is 10.1. The molecule has 4 rings (SSSR count). The van der Waals surface area contributed by atoms with Crippen molar-refractivity contribution in [2.75, 3.05) is 6.54 Å². The number of imidazole rings is 1. The van der Waals surface area contributed by atoms with Crippen LogP contribution in [0.5, 0.6) is 0 Å². The molecule has 0 amide bonds. The van der Waals surface area contributed by atoms with E-state index in [2.05, 4.69) is 39.8 Å². The van der Waals surface area contributed by atoms with Crippen LogP contribution < -0.4 is 0 Å². The van der Waals surface area contributed by atoms with E-state index in [-0.39, 0.29) is 6.04 Å². The van der Waals surface area contributed by atoms with Crippen molar-refractivity contribution in [3.8, 4) is 5.82 Å². The van der Waals surface area contributed by atoms with Gasteiger partial charge in [-0.1, -0.05) is 19.9 Å². The molecular weight excluding hydrogens is 324 g/mol. The van der Waals surface area contributed by atoms with Gasteiger partial charge < -0.3 is 0 Å². The maximum absolute atomic E-state index is 4.93. The van der Waals surface area contributed by atoms with E-state index in [1.54, 1.807) is 0 Å². The molecule has 134 valence electrons. The van der Waals surface area contributed by atoms with Gasteiger partial charge in [0.05, 0.1) is 29.8 Å². The van der Waals surface area contributed by atoms with Crippen LogP contribution in [0, 0.1) is 0 Å². The summed E-state index contributed by atoms with van der Waals surface area (Å²) in [5.74, 6) is 2.18. The Bertz CT molecular complexity index is 858. The van der Waals surface area contributed by atoms with E-state index in [1.165, 1.54) is 6.42 Å². The van der Waals surface area contributed by atoms with Gasteiger partial charge in [0.15, 0.2) is 5.82 Å². The second-order valence-corrected chi connectivity index (χ2v) is 7.06. The smallest absolute Gasteiger partial charge is 0.156 e. The zero-order chi connectivity index (χ0) is 17.9. The molecule has 1 aliphatic rings. The lowest BCUT2D eigenvalue weighted by molar-refractivity contribution is 0.241. The van der Waals surface area contributed by atoms with Crippen LogP contribution in [0.15, 0.2) is 49.2 Å². The first-order valence-corrected chi connectivity index (χ1v) is 9.22. The normalized spacial score (nSPS) is 17.9. The van der Waals surface area contributed by atoms with E-state index in [0.29, 0.717) is 5.92 Å². The highest BCUT2D eigenvalue weighted by Gasteiger charge is 2.28. The highest BCUT2D eigenvalue weighted by Crippen LogP contribution is 2.32. The van der Waals surface area contributed by atoms with Gasteiger partial charge in [-0.3, -0.25) is 19.4 Å². The quantitative estimate of drug-likeness (QED) is 0.706. The summed E-state index contributed by atoms with van der Waals surface area (Å²) in [6.45, 7) is 6.19. The molecule has 3 aromatic rings. The maximum Gasteiger partial charge on any atom is 0.156 e. The van der Waals surface area contributed by atoms with Crippen molar-refractivity contribution in [2.45, 2.75) is 45.2 Å². The van der Waals surface area contributed by atoms with Crippen molar-refractivity contribution >= 4 is 0 Å². The fourth-order valence-corrected chi connectivity index (χ4v) is 3.63. The average Bonchev–Trinajstić information content (AvgIpc) is 3.32. The third-order valence-electron chi connectivity index (χ3n) is 4.87. The van der Waals surface area contributed by atoms with E-state index >= 15 is 0 Å². The van der Waals surface area contributed by atoms with Gasteiger partial charge in [0.25, 0.3) is 0 Å². The van der Waals surface area contributed by atoms with Gasteiger partial charge in [0.2, 0.25) is 0 Å². The molecule has 0 radical (unpaired) electrons. The third-order valence-corrected chi connectivity index (χ3v) is 4.87. The summed E-state index contributed by atoms with van der Waals surface area (Å²) in [6, 6.07) is 6.37. The second kappa shape index (κ2) is 7.33. The number of nitrogens with zero attached hydrogens (tertiary/aromatic N) is 6. The largest absolute Gasteiger partial charge is 0.289 e. The van der Waals surface area contributed by atoms with E-state index in [4.69, 9.17) is 4.98 Å². The summed E-state index contributed by atoms with van der Waals surface area (Å²) in [7, 11) is 0. The van der Waals surface area contributed by atoms with Crippen molar-refractivity contribution in [2.24, 2.45) is 0 Å². The lowest BCUT2D eigenvalue weighted by Gasteiger charge is -2.23. The van der Waals surface area contributed by atoms with Crippen molar-refractivity contribution in [3.05, 3.63) is 66.4 Å². The number of rotatable bonds is 5. The zero-order valence-electron chi connectivity index (χ0n) is 15.3. The average molecular weight is 348 g/mol. The molecule has 6 heteroatoms. The Balaban J connectivity index is 1.60. The van der Waals surface area contributed by atoms with Gasteiger partial charge >= 0.3 is 0 Å². The molecule has 1 saturated heterocycles. The summed E-state index contributed by atoms with van der Waals surface area (Å²) < 4.78 is 2.04. The van der Waals surface area contributed by atoms with Crippen LogP contribution >= 0.6 is 0 Å². The highest BCUT2D eigenvalue weighted by atomic mass is 15.2. The molecule has 0 aliphatic carbocycles. The van der Waals surface area contributed by atoms with E-state index in [1.807, 2.05) is 47.7 Å². The molecule has 1 unspecified atom stereocenters. The highest BCUT2D eigenvalue weighted by molar-refractivity contribution is 5.25. The SMILES string of the molecule is CC(C)c1nccn1-c1cncc(C2CCCN2Cc2ccccn2)n1. The van der Waals surface area contributed by atoms with Gasteiger partial charge in [0.1, 0.15) is 5.82 Å². The molecule has 3 aromatic heterocycles. The number of pyridine rings is 1. The molecule has 1 aliphatic heterocycles. The van der Waals surface area contributed by atoms with Gasteiger partial charge in [-0.05, 0) is 31.5 Å². The molecular formula is C20H24N6. The Morgan fingerprint density at radius 2 is 2.08 bits per heavy atom. The van der Waals surface area contributed by atoms with Crippen LogP contribution in [0.3, 0.4) is 0 Å². The van der Waals surface area contributed by atoms with Crippen molar-refractivity contribution in [1.82, 2.24) is 29.4 Å². The van der Waals surface area contributed by atoms with Crippen LogP contribution in [0.25, 0.3) is 5.82 Å². The fraction of sp³-hybridized carbons (Fsp3) is 0.400. The van der Waals surface area contributed by atoms with Crippen LogP contribution in [-0.4, -0.2) is 35.9 Å². The minimum absolute atomic E-state index is 0.287. The molecule has 4 heterocycles. The van der Waals surface area contributed by atoms with Crippen LogP contribution in [0.4, 0.5) is 0 Å². The second-order valence-electron chi connectivity index (χ2n) is 7.06. The molecule has 1 fully saturated rings. The number of likely N-dealkylation sites (tertiary alicyclic amines) is 1. The predicted molar refractivity (Wildman–Crippen MR) is 99.9 cm³/mol. The minimum atomic E-state index is 0.287. The van der Waals surface area contributed by atoms with Crippen molar-refractivity contribution in [3.63, 3.8) is 0 Å². The number of hydrogen-bond acceptors (Lipinski definition) is 5. The Kier molecular flexibility index (Phi) is 4.75. The summed E-state index contributed by atoms with van der Waals surface area (Å²) in [5.41, 5.74) is 2.12. The van der Waals surface area contributed by atoms with E-state index in [0.717, 1.165) is 42.5 Å². The first-order valence-electron chi connectivity index (χ1n) is 9.22. The Morgan fingerprint density at radius 3 is 2.88 bits per heavy atom. The number of aromatic nitrogens is 5. The van der Waals surface area contributed by atoms with Crippen LogP contribution in [-0.2, 0) is 6.54 Å². The van der Waals surface area contributed by atoms with Gasteiger partial charge in [-0.15, -0.1) is 0 Å². The molecule has 26 heavy (non-hydrogen) atoms. The topological polar surface area (TPSA) is 59.7 Å². The van der Waals surface area contributed by atoms with Crippen molar-refractivity contribution in [1.29, 1.82) is 0 Å². The number of hydrogen-bond donors (Lipinski definition) is 0. The monoisotopic (exact) mass is 348 g/mol. The molecule has 6 nitrogen and oxygen atoms in total. The molecule has 0 N–H and O–H groups in total. The fourth-order valence-electron chi connectivity index (χ4n) is 3.63. The van der Waals surface area contributed by atoms with Gasteiger partial charge in [-0.2, -0.15) is 0 Å². The third kappa shape index (κ3) is 3.37.